The van der Waals surface area contributed by atoms with E-state index in [-0.39, 0.29) is 23.7 Å². The molecule has 0 radical (unpaired) electrons. The maximum atomic E-state index is 12.6. The van der Waals surface area contributed by atoms with Crippen molar-refractivity contribution in [2.75, 3.05) is 11.9 Å². The fourth-order valence-corrected chi connectivity index (χ4v) is 3.05. The highest BCUT2D eigenvalue weighted by Crippen LogP contribution is 2.31. The van der Waals surface area contributed by atoms with Gasteiger partial charge in [-0.3, -0.25) is 9.59 Å². The predicted molar refractivity (Wildman–Crippen MR) is 93.4 cm³/mol. The van der Waals surface area contributed by atoms with Crippen molar-refractivity contribution in [1.82, 2.24) is 5.32 Å². The number of amides is 2. The van der Waals surface area contributed by atoms with Crippen LogP contribution in [0.4, 0.5) is 18.9 Å². The van der Waals surface area contributed by atoms with Gasteiger partial charge in [-0.2, -0.15) is 13.2 Å². The maximum absolute atomic E-state index is 12.6. The molecule has 0 bridgehead atoms. The van der Waals surface area contributed by atoms with E-state index in [1.807, 2.05) is 13.8 Å². The van der Waals surface area contributed by atoms with Crippen molar-refractivity contribution >= 4 is 17.5 Å². The van der Waals surface area contributed by atoms with Crippen LogP contribution in [0.1, 0.15) is 45.1 Å². The summed E-state index contributed by atoms with van der Waals surface area (Å²) in [6.45, 7) is 4.71. The Kier molecular flexibility index (Phi) is 6.67. The van der Waals surface area contributed by atoms with E-state index in [9.17, 15) is 22.8 Å². The van der Waals surface area contributed by atoms with Crippen LogP contribution in [-0.4, -0.2) is 18.4 Å². The molecule has 0 aromatic heterocycles. The van der Waals surface area contributed by atoms with Crippen LogP contribution < -0.4 is 10.6 Å². The lowest BCUT2D eigenvalue weighted by Gasteiger charge is -2.27. The normalized spacial score (nSPS) is 20.7. The molecule has 1 fully saturated rings. The van der Waals surface area contributed by atoms with Crippen LogP contribution in [0.5, 0.6) is 0 Å². The number of hydrogen-bond acceptors (Lipinski definition) is 2. The van der Waals surface area contributed by atoms with E-state index in [4.69, 9.17) is 0 Å². The second-order valence-corrected chi connectivity index (χ2v) is 7.25. The molecule has 0 aliphatic heterocycles. The molecule has 0 unspecified atom stereocenters. The lowest BCUT2D eigenvalue weighted by molar-refractivity contribution is -0.137. The highest BCUT2D eigenvalue weighted by Gasteiger charge is 2.31. The van der Waals surface area contributed by atoms with Crippen molar-refractivity contribution in [3.8, 4) is 0 Å². The summed E-state index contributed by atoms with van der Waals surface area (Å²) in [4.78, 5) is 24.4. The summed E-state index contributed by atoms with van der Waals surface area (Å²) in [5.74, 6) is -0.0498. The minimum Gasteiger partial charge on any atom is -0.356 e. The number of alkyl halides is 3. The molecule has 1 aromatic carbocycles. The zero-order valence-electron chi connectivity index (χ0n) is 15.0. The molecule has 0 heterocycles. The Morgan fingerprint density at radius 2 is 1.50 bits per heavy atom. The second kappa shape index (κ2) is 8.56. The molecule has 2 amide bonds. The highest BCUT2D eigenvalue weighted by molar-refractivity contribution is 5.92. The van der Waals surface area contributed by atoms with Crippen molar-refractivity contribution in [1.29, 1.82) is 0 Å². The van der Waals surface area contributed by atoms with E-state index in [1.165, 1.54) is 12.1 Å². The summed E-state index contributed by atoms with van der Waals surface area (Å²) in [7, 11) is 0. The minimum absolute atomic E-state index is 0.0419. The van der Waals surface area contributed by atoms with Crippen LogP contribution in [-0.2, 0) is 15.8 Å². The largest absolute Gasteiger partial charge is 0.416 e. The third-order valence-corrected chi connectivity index (χ3v) is 4.63. The molecule has 1 saturated carbocycles. The van der Waals surface area contributed by atoms with E-state index in [1.54, 1.807) is 0 Å². The summed E-state index contributed by atoms with van der Waals surface area (Å²) < 4.78 is 37.7. The summed E-state index contributed by atoms with van der Waals surface area (Å²) >= 11 is 0. The standard InChI is InChI=1S/C19H25F3N2O2/c1-12(2)11-23-17(25)13-3-5-14(6-4-13)18(26)24-16-9-7-15(8-10-16)19(20,21)22/h7-10,12-14H,3-6,11H2,1-2H3,(H,23,25)(H,24,26). The summed E-state index contributed by atoms with van der Waals surface area (Å²) in [5.41, 5.74) is -0.400. The maximum Gasteiger partial charge on any atom is 0.416 e. The van der Waals surface area contributed by atoms with Gasteiger partial charge in [0.1, 0.15) is 0 Å². The molecule has 144 valence electrons. The molecular formula is C19H25F3N2O2. The van der Waals surface area contributed by atoms with E-state index < -0.39 is 11.7 Å². The molecule has 26 heavy (non-hydrogen) atoms. The van der Waals surface area contributed by atoms with Gasteiger partial charge in [0.05, 0.1) is 5.56 Å². The van der Waals surface area contributed by atoms with Gasteiger partial charge in [-0.05, 0) is 55.9 Å². The fraction of sp³-hybridized carbons (Fsp3) is 0.579. The molecule has 2 rings (SSSR count). The third-order valence-electron chi connectivity index (χ3n) is 4.63. The number of carbonyl (C=O) groups excluding carboxylic acids is 2. The molecule has 4 nitrogen and oxygen atoms in total. The van der Waals surface area contributed by atoms with Gasteiger partial charge in [-0.1, -0.05) is 13.8 Å². The lowest BCUT2D eigenvalue weighted by Crippen LogP contribution is -2.37. The summed E-state index contributed by atoms with van der Waals surface area (Å²) in [6, 6.07) is 4.41. The quantitative estimate of drug-likeness (QED) is 0.815. The molecule has 1 aliphatic rings. The number of benzene rings is 1. The molecule has 0 saturated heterocycles. The first-order valence-corrected chi connectivity index (χ1v) is 8.92. The highest BCUT2D eigenvalue weighted by atomic mass is 19.4. The third kappa shape index (κ3) is 5.75. The lowest BCUT2D eigenvalue weighted by atomic mass is 9.81. The number of hydrogen-bond donors (Lipinski definition) is 2. The number of rotatable bonds is 5. The molecule has 7 heteroatoms. The van der Waals surface area contributed by atoms with Gasteiger partial charge < -0.3 is 10.6 Å². The van der Waals surface area contributed by atoms with Crippen LogP contribution in [0.25, 0.3) is 0 Å². The van der Waals surface area contributed by atoms with Crippen molar-refractivity contribution in [3.63, 3.8) is 0 Å². The van der Waals surface area contributed by atoms with Gasteiger partial charge in [0.2, 0.25) is 11.8 Å². The van der Waals surface area contributed by atoms with Crippen molar-refractivity contribution in [2.24, 2.45) is 17.8 Å². The molecular weight excluding hydrogens is 345 g/mol. The van der Waals surface area contributed by atoms with Crippen molar-refractivity contribution < 1.29 is 22.8 Å². The average Bonchev–Trinajstić information content (AvgIpc) is 2.59. The Bertz CT molecular complexity index is 619. The number of halogens is 3. The smallest absolute Gasteiger partial charge is 0.356 e. The van der Waals surface area contributed by atoms with Gasteiger partial charge in [-0.25, -0.2) is 0 Å². The van der Waals surface area contributed by atoms with Crippen molar-refractivity contribution in [3.05, 3.63) is 29.8 Å². The molecule has 1 aliphatic carbocycles. The first-order valence-electron chi connectivity index (χ1n) is 8.92. The molecule has 0 atom stereocenters. The van der Waals surface area contributed by atoms with Crippen LogP contribution in [0.15, 0.2) is 24.3 Å². The first kappa shape index (κ1) is 20.3. The zero-order valence-corrected chi connectivity index (χ0v) is 15.0. The Balaban J connectivity index is 1.82. The van der Waals surface area contributed by atoms with Crippen molar-refractivity contribution in [2.45, 2.75) is 45.7 Å². The van der Waals surface area contributed by atoms with Crippen LogP contribution in [0.3, 0.4) is 0 Å². The van der Waals surface area contributed by atoms with Crippen LogP contribution in [0.2, 0.25) is 0 Å². The first-order chi connectivity index (χ1) is 12.2. The van der Waals surface area contributed by atoms with Crippen LogP contribution >= 0.6 is 0 Å². The number of carbonyl (C=O) groups is 2. The molecule has 2 N–H and O–H groups in total. The monoisotopic (exact) mass is 370 g/mol. The molecule has 0 spiro atoms. The van der Waals surface area contributed by atoms with E-state index in [0.29, 0.717) is 43.8 Å². The topological polar surface area (TPSA) is 58.2 Å². The van der Waals surface area contributed by atoms with Gasteiger partial charge in [0.25, 0.3) is 0 Å². The number of nitrogens with one attached hydrogen (secondary N) is 2. The summed E-state index contributed by atoms with van der Waals surface area (Å²) in [5, 5.41) is 5.59. The Labute approximate surface area is 151 Å². The Morgan fingerprint density at radius 1 is 1.00 bits per heavy atom. The Hall–Kier alpha value is -2.05. The SMILES string of the molecule is CC(C)CNC(=O)C1CCC(C(=O)Nc2ccc(C(F)(F)F)cc2)CC1. The Morgan fingerprint density at radius 3 is 1.96 bits per heavy atom. The van der Waals surface area contributed by atoms with E-state index in [0.717, 1.165) is 12.1 Å². The minimum atomic E-state index is -4.39. The number of anilines is 1. The van der Waals surface area contributed by atoms with Crippen LogP contribution in [0, 0.1) is 17.8 Å². The summed E-state index contributed by atoms with van der Waals surface area (Å²) in [6.07, 6.45) is -1.89. The predicted octanol–water partition coefficient (Wildman–Crippen LogP) is 4.22. The van der Waals surface area contributed by atoms with Gasteiger partial charge in [-0.15, -0.1) is 0 Å². The van der Waals surface area contributed by atoms with Gasteiger partial charge in [0.15, 0.2) is 0 Å². The second-order valence-electron chi connectivity index (χ2n) is 7.25. The fourth-order valence-electron chi connectivity index (χ4n) is 3.05. The average molecular weight is 370 g/mol. The van der Waals surface area contributed by atoms with Gasteiger partial charge in [0, 0.05) is 24.1 Å². The van der Waals surface area contributed by atoms with Gasteiger partial charge >= 0.3 is 6.18 Å². The molecule has 1 aromatic rings. The zero-order chi connectivity index (χ0) is 19.3. The van der Waals surface area contributed by atoms with E-state index in [2.05, 4.69) is 10.6 Å². The van der Waals surface area contributed by atoms with E-state index >= 15 is 0 Å².